The number of carbonyl (C=O) groups is 1. The van der Waals surface area contributed by atoms with Crippen LogP contribution in [0, 0.1) is 5.82 Å². The van der Waals surface area contributed by atoms with Gasteiger partial charge in [0.1, 0.15) is 5.82 Å². The minimum absolute atomic E-state index is 0.108. The van der Waals surface area contributed by atoms with Gasteiger partial charge < -0.3 is 10.2 Å². The molecule has 1 heterocycles. The normalized spacial score (nSPS) is 14.7. The number of nitrogens with one attached hydrogen (secondary N) is 1. The average molecular weight is 482 g/mol. The Balaban J connectivity index is 1.21. The highest BCUT2D eigenvalue weighted by Crippen LogP contribution is 2.18. The Labute approximate surface area is 199 Å². The molecule has 0 aromatic heterocycles. The summed E-state index contributed by atoms with van der Waals surface area (Å²) < 4.78 is 38.2. The molecule has 8 heteroatoms. The Morgan fingerprint density at radius 3 is 2.15 bits per heavy atom. The molecule has 0 unspecified atom stereocenters. The van der Waals surface area contributed by atoms with Gasteiger partial charge >= 0.3 is 0 Å². The largest absolute Gasteiger partial charge is 0.369 e. The number of piperazine rings is 1. The van der Waals surface area contributed by atoms with Crippen LogP contribution in [0.2, 0.25) is 0 Å². The van der Waals surface area contributed by atoms with Gasteiger partial charge in [0, 0.05) is 50.5 Å². The van der Waals surface area contributed by atoms with Crippen molar-refractivity contribution in [1.29, 1.82) is 0 Å². The van der Waals surface area contributed by atoms with Crippen LogP contribution in [-0.2, 0) is 15.6 Å². The molecule has 6 nitrogen and oxygen atoms in total. The molecule has 0 aliphatic carbocycles. The number of benzene rings is 3. The molecule has 0 atom stereocenters. The third-order valence-electron chi connectivity index (χ3n) is 5.95. The van der Waals surface area contributed by atoms with Crippen molar-refractivity contribution in [2.45, 2.75) is 10.6 Å². The molecule has 1 amide bonds. The second-order valence-electron chi connectivity index (χ2n) is 8.33. The number of sulfone groups is 1. The van der Waals surface area contributed by atoms with Gasteiger partial charge in [0.25, 0.3) is 5.91 Å². The highest BCUT2D eigenvalue weighted by atomic mass is 32.2. The lowest BCUT2D eigenvalue weighted by Crippen LogP contribution is -2.48. The first-order valence-corrected chi connectivity index (χ1v) is 12.9. The standard InChI is InChI=1S/C26H28FN3O3S/c27-23-10-12-24(13-11-23)30-18-16-29(17-19-30)15-14-28-26(31)22-8-6-21(7-9-22)20-34(32,33)25-4-2-1-3-5-25/h1-13H,14-20H2,(H,28,31). The number of hydrogen-bond donors (Lipinski definition) is 1. The van der Waals surface area contributed by atoms with Crippen LogP contribution in [0.1, 0.15) is 15.9 Å². The van der Waals surface area contributed by atoms with E-state index < -0.39 is 9.84 Å². The molecule has 0 spiro atoms. The third kappa shape index (κ3) is 6.21. The van der Waals surface area contributed by atoms with Gasteiger partial charge in [-0.25, -0.2) is 12.8 Å². The number of rotatable bonds is 8. The molecule has 34 heavy (non-hydrogen) atoms. The minimum atomic E-state index is -3.42. The van der Waals surface area contributed by atoms with Crippen LogP contribution in [0.15, 0.2) is 83.8 Å². The summed E-state index contributed by atoms with van der Waals surface area (Å²) in [7, 11) is -3.42. The van der Waals surface area contributed by atoms with Crippen LogP contribution >= 0.6 is 0 Å². The van der Waals surface area contributed by atoms with E-state index in [9.17, 15) is 17.6 Å². The first-order chi connectivity index (χ1) is 16.4. The molecule has 0 radical (unpaired) electrons. The number of amides is 1. The van der Waals surface area contributed by atoms with Gasteiger partial charge in [-0.1, -0.05) is 30.3 Å². The van der Waals surface area contributed by atoms with E-state index in [1.54, 1.807) is 66.7 Å². The maximum absolute atomic E-state index is 13.1. The van der Waals surface area contributed by atoms with Gasteiger partial charge in [0.05, 0.1) is 10.6 Å². The van der Waals surface area contributed by atoms with E-state index in [2.05, 4.69) is 15.1 Å². The van der Waals surface area contributed by atoms with Crippen LogP contribution in [0.5, 0.6) is 0 Å². The third-order valence-corrected chi connectivity index (χ3v) is 7.66. The molecular formula is C26H28FN3O3S. The molecule has 1 aliphatic heterocycles. The molecule has 178 valence electrons. The SMILES string of the molecule is O=C(NCCN1CCN(c2ccc(F)cc2)CC1)c1ccc(CS(=O)(=O)c2ccccc2)cc1. The van der Waals surface area contributed by atoms with Crippen molar-refractivity contribution in [3.8, 4) is 0 Å². The van der Waals surface area contributed by atoms with E-state index in [0.717, 1.165) is 38.4 Å². The summed E-state index contributed by atoms with van der Waals surface area (Å²) >= 11 is 0. The molecule has 3 aromatic carbocycles. The molecule has 0 bridgehead atoms. The van der Waals surface area contributed by atoms with Crippen molar-refractivity contribution in [1.82, 2.24) is 10.2 Å². The Morgan fingerprint density at radius 1 is 0.853 bits per heavy atom. The summed E-state index contributed by atoms with van der Waals surface area (Å²) in [5, 5.41) is 2.93. The van der Waals surface area contributed by atoms with Crippen LogP contribution in [-0.4, -0.2) is 58.5 Å². The van der Waals surface area contributed by atoms with Crippen molar-refractivity contribution >= 4 is 21.4 Å². The zero-order valence-electron chi connectivity index (χ0n) is 18.9. The molecule has 0 saturated carbocycles. The highest BCUT2D eigenvalue weighted by Gasteiger charge is 2.18. The fraction of sp³-hybridized carbons (Fsp3) is 0.269. The lowest BCUT2D eigenvalue weighted by Gasteiger charge is -2.36. The van der Waals surface area contributed by atoms with Crippen molar-refractivity contribution in [3.63, 3.8) is 0 Å². The monoisotopic (exact) mass is 481 g/mol. The number of carbonyl (C=O) groups excluding carboxylic acids is 1. The van der Waals surface area contributed by atoms with Gasteiger partial charge in [-0.15, -0.1) is 0 Å². The van der Waals surface area contributed by atoms with Gasteiger partial charge in [0.15, 0.2) is 9.84 Å². The summed E-state index contributed by atoms with van der Waals surface area (Å²) in [6, 6.07) is 21.6. The van der Waals surface area contributed by atoms with E-state index in [1.807, 2.05) is 0 Å². The van der Waals surface area contributed by atoms with Gasteiger partial charge in [-0.2, -0.15) is 0 Å². The average Bonchev–Trinajstić information content (AvgIpc) is 2.86. The first kappa shape index (κ1) is 23.9. The quantitative estimate of drug-likeness (QED) is 0.534. The molecule has 1 N–H and O–H groups in total. The molecular weight excluding hydrogens is 453 g/mol. The lowest BCUT2D eigenvalue weighted by molar-refractivity contribution is 0.0947. The Morgan fingerprint density at radius 2 is 1.50 bits per heavy atom. The second-order valence-corrected chi connectivity index (χ2v) is 10.3. The maximum Gasteiger partial charge on any atom is 0.251 e. The number of hydrogen-bond acceptors (Lipinski definition) is 5. The maximum atomic E-state index is 13.1. The first-order valence-electron chi connectivity index (χ1n) is 11.3. The van der Waals surface area contributed by atoms with Crippen LogP contribution in [0.25, 0.3) is 0 Å². The highest BCUT2D eigenvalue weighted by molar-refractivity contribution is 7.90. The number of anilines is 1. The fourth-order valence-electron chi connectivity index (χ4n) is 3.99. The van der Waals surface area contributed by atoms with E-state index in [1.165, 1.54) is 12.1 Å². The summed E-state index contributed by atoms with van der Waals surface area (Å²) in [6.07, 6.45) is 0. The van der Waals surface area contributed by atoms with E-state index in [0.29, 0.717) is 17.7 Å². The summed E-state index contributed by atoms with van der Waals surface area (Å²) in [4.78, 5) is 17.3. The van der Waals surface area contributed by atoms with Crippen molar-refractivity contribution < 1.29 is 17.6 Å². The van der Waals surface area contributed by atoms with Crippen LogP contribution in [0.4, 0.5) is 10.1 Å². The van der Waals surface area contributed by atoms with E-state index >= 15 is 0 Å². The summed E-state index contributed by atoms with van der Waals surface area (Å²) in [6.45, 7) is 4.73. The topological polar surface area (TPSA) is 69.7 Å². The zero-order chi connectivity index (χ0) is 24.0. The van der Waals surface area contributed by atoms with Gasteiger partial charge in [-0.05, 0) is 54.1 Å². The Hall–Kier alpha value is -3.23. The number of nitrogens with zero attached hydrogens (tertiary/aromatic N) is 2. The summed E-state index contributed by atoms with van der Waals surface area (Å²) in [5.41, 5.74) is 2.16. The Bertz CT molecular complexity index is 1190. The molecule has 1 aliphatic rings. The minimum Gasteiger partial charge on any atom is -0.369 e. The fourth-order valence-corrected chi connectivity index (χ4v) is 5.36. The number of halogens is 1. The molecule has 3 aromatic rings. The van der Waals surface area contributed by atoms with Gasteiger partial charge in [0.2, 0.25) is 0 Å². The van der Waals surface area contributed by atoms with Crippen molar-refractivity contribution in [2.75, 3.05) is 44.2 Å². The Kier molecular flexibility index (Phi) is 7.59. The van der Waals surface area contributed by atoms with Crippen LogP contribution in [0.3, 0.4) is 0 Å². The molecule has 1 saturated heterocycles. The smallest absolute Gasteiger partial charge is 0.251 e. The van der Waals surface area contributed by atoms with E-state index in [4.69, 9.17) is 0 Å². The van der Waals surface area contributed by atoms with Gasteiger partial charge in [-0.3, -0.25) is 9.69 Å². The predicted octanol–water partition coefficient (Wildman–Crippen LogP) is 3.35. The van der Waals surface area contributed by atoms with Crippen molar-refractivity contribution in [3.05, 3.63) is 95.8 Å². The van der Waals surface area contributed by atoms with E-state index in [-0.39, 0.29) is 22.4 Å². The second kappa shape index (κ2) is 10.8. The molecule has 4 rings (SSSR count). The van der Waals surface area contributed by atoms with Crippen LogP contribution < -0.4 is 10.2 Å². The van der Waals surface area contributed by atoms with Crippen molar-refractivity contribution in [2.24, 2.45) is 0 Å². The lowest BCUT2D eigenvalue weighted by atomic mass is 10.1. The predicted molar refractivity (Wildman–Crippen MR) is 131 cm³/mol. The molecule has 1 fully saturated rings. The zero-order valence-corrected chi connectivity index (χ0v) is 19.7. The summed E-state index contributed by atoms with van der Waals surface area (Å²) in [5.74, 6) is -0.518.